The molecule has 0 fully saturated rings. The van der Waals surface area contributed by atoms with E-state index in [9.17, 15) is 14.0 Å². The number of rotatable bonds is 4. The molecule has 6 nitrogen and oxygen atoms in total. The van der Waals surface area contributed by atoms with Gasteiger partial charge in [-0.25, -0.2) is 9.18 Å². The molecule has 1 aliphatic rings. The number of nitrogens with one attached hydrogen (secondary N) is 1. The lowest BCUT2D eigenvalue weighted by molar-refractivity contribution is -0.148. The van der Waals surface area contributed by atoms with Crippen LogP contribution < -0.4 is 5.32 Å². The van der Waals surface area contributed by atoms with Gasteiger partial charge < -0.3 is 19.5 Å². The third-order valence-corrected chi connectivity index (χ3v) is 2.33. The Kier molecular flexibility index (Phi) is 4.54. The molecule has 7 heteroatoms. The summed E-state index contributed by atoms with van der Waals surface area (Å²) in [7, 11) is 0. The molecule has 0 bridgehead atoms. The molecule has 2 rings (SSSR count). The van der Waals surface area contributed by atoms with Gasteiger partial charge in [0.05, 0.1) is 5.69 Å². The van der Waals surface area contributed by atoms with E-state index in [0.29, 0.717) is 6.61 Å². The van der Waals surface area contributed by atoms with E-state index >= 15 is 0 Å². The van der Waals surface area contributed by atoms with Crippen molar-refractivity contribution in [3.63, 3.8) is 0 Å². The highest BCUT2D eigenvalue weighted by Crippen LogP contribution is 2.12. The zero-order valence-corrected chi connectivity index (χ0v) is 10.4. The van der Waals surface area contributed by atoms with Gasteiger partial charge in [0.15, 0.2) is 6.61 Å². The highest BCUT2D eigenvalue weighted by Gasteiger charge is 2.18. The lowest BCUT2D eigenvalue weighted by Gasteiger charge is -2.14. The Hall–Kier alpha value is -2.57. The number of carbonyl (C=O) groups excluding carboxylic acids is 2. The summed E-state index contributed by atoms with van der Waals surface area (Å²) >= 11 is 0. The fourth-order valence-corrected chi connectivity index (χ4v) is 1.43. The molecule has 0 radical (unpaired) electrons. The highest BCUT2D eigenvalue weighted by molar-refractivity contribution is 5.94. The summed E-state index contributed by atoms with van der Waals surface area (Å²) in [5, 5.41) is 2.29. The first-order chi connectivity index (χ1) is 9.66. The topological polar surface area (TPSA) is 73.9 Å². The molecule has 0 atom stereocenters. The van der Waals surface area contributed by atoms with Gasteiger partial charge in [-0.2, -0.15) is 0 Å². The van der Waals surface area contributed by atoms with Crippen molar-refractivity contribution in [2.24, 2.45) is 0 Å². The molecule has 20 heavy (non-hydrogen) atoms. The smallest absolute Gasteiger partial charge is 0.377 e. The van der Waals surface area contributed by atoms with Gasteiger partial charge in [0, 0.05) is 0 Å². The maximum atomic E-state index is 13.3. The molecule has 1 heterocycles. The average molecular weight is 281 g/mol. The molecule has 0 aliphatic carbocycles. The molecule has 106 valence electrons. The first kappa shape index (κ1) is 13.9. The third-order valence-electron chi connectivity index (χ3n) is 2.33. The predicted octanol–water partition coefficient (Wildman–Crippen LogP) is 1.20. The quantitative estimate of drug-likeness (QED) is 0.839. The van der Waals surface area contributed by atoms with Crippen molar-refractivity contribution in [3.8, 4) is 0 Å². The lowest BCUT2D eigenvalue weighted by atomic mass is 10.3. The standard InChI is InChI=1S/C13H12FNO5/c14-9-3-1-2-4-10(9)15-12(16)8-20-13(17)11-7-18-5-6-19-11/h1-4,7H,5-6,8H2,(H,15,16). The van der Waals surface area contributed by atoms with Gasteiger partial charge in [-0.1, -0.05) is 12.1 Å². The van der Waals surface area contributed by atoms with E-state index in [0.717, 1.165) is 6.26 Å². The molecule has 0 spiro atoms. The Bertz CT molecular complexity index is 543. The van der Waals surface area contributed by atoms with Crippen LogP contribution in [0.15, 0.2) is 36.3 Å². The number of esters is 1. The number of hydrogen-bond donors (Lipinski definition) is 1. The maximum absolute atomic E-state index is 13.3. The number of benzene rings is 1. The van der Waals surface area contributed by atoms with Gasteiger partial charge >= 0.3 is 5.97 Å². The molecule has 1 aromatic rings. The summed E-state index contributed by atoms with van der Waals surface area (Å²) in [5.41, 5.74) is 0.0185. The molecule has 0 unspecified atom stereocenters. The fourth-order valence-electron chi connectivity index (χ4n) is 1.43. The number of para-hydroxylation sites is 1. The molecule has 0 saturated carbocycles. The maximum Gasteiger partial charge on any atom is 0.377 e. The summed E-state index contributed by atoms with van der Waals surface area (Å²) in [4.78, 5) is 23.0. The monoisotopic (exact) mass is 281 g/mol. The molecule has 0 aromatic heterocycles. The van der Waals surface area contributed by atoms with Gasteiger partial charge in [-0.3, -0.25) is 4.79 Å². The number of carbonyl (C=O) groups is 2. The largest absolute Gasteiger partial charge is 0.493 e. The molecule has 1 N–H and O–H groups in total. The van der Waals surface area contributed by atoms with Crippen molar-refractivity contribution in [3.05, 3.63) is 42.1 Å². The number of halogens is 1. The van der Waals surface area contributed by atoms with Crippen molar-refractivity contribution < 1.29 is 28.2 Å². The van der Waals surface area contributed by atoms with Crippen LogP contribution in [-0.2, 0) is 23.8 Å². The van der Waals surface area contributed by atoms with Gasteiger partial charge in [0.25, 0.3) is 5.91 Å². The van der Waals surface area contributed by atoms with E-state index in [1.807, 2.05) is 0 Å². The Morgan fingerprint density at radius 3 is 2.80 bits per heavy atom. The fraction of sp³-hybridized carbons (Fsp3) is 0.231. The van der Waals surface area contributed by atoms with Crippen LogP contribution >= 0.6 is 0 Å². The van der Waals surface area contributed by atoms with Crippen LogP contribution in [0, 0.1) is 5.82 Å². The zero-order valence-electron chi connectivity index (χ0n) is 10.4. The van der Waals surface area contributed by atoms with Crippen molar-refractivity contribution in [1.29, 1.82) is 0 Å². The van der Waals surface area contributed by atoms with E-state index in [4.69, 9.17) is 14.2 Å². The molecule has 1 aliphatic heterocycles. The Balaban J connectivity index is 1.82. The van der Waals surface area contributed by atoms with Gasteiger partial charge in [-0.15, -0.1) is 0 Å². The molecule has 1 aromatic carbocycles. The van der Waals surface area contributed by atoms with E-state index in [1.54, 1.807) is 6.07 Å². The first-order valence-corrected chi connectivity index (χ1v) is 5.83. The second kappa shape index (κ2) is 6.55. The van der Waals surface area contributed by atoms with Crippen molar-refractivity contribution in [1.82, 2.24) is 0 Å². The van der Waals surface area contributed by atoms with Crippen molar-refractivity contribution in [2.75, 3.05) is 25.1 Å². The van der Waals surface area contributed by atoms with Crippen LogP contribution in [0.1, 0.15) is 0 Å². The average Bonchev–Trinajstić information content (AvgIpc) is 2.48. The van der Waals surface area contributed by atoms with Crippen molar-refractivity contribution in [2.45, 2.75) is 0 Å². The van der Waals surface area contributed by atoms with Crippen LogP contribution in [0.5, 0.6) is 0 Å². The van der Waals surface area contributed by atoms with Crippen LogP contribution in [0.4, 0.5) is 10.1 Å². The second-order valence-corrected chi connectivity index (χ2v) is 3.81. The van der Waals surface area contributed by atoms with Crippen LogP contribution in [0.3, 0.4) is 0 Å². The summed E-state index contributed by atoms with van der Waals surface area (Å²) in [5.74, 6) is -2.14. The molecule has 1 amide bonds. The van der Waals surface area contributed by atoms with Gasteiger partial charge in [0.2, 0.25) is 5.76 Å². The SMILES string of the molecule is O=C(COC(=O)C1=COCCO1)Nc1ccccc1F. The Morgan fingerprint density at radius 1 is 1.30 bits per heavy atom. The summed E-state index contributed by atoms with van der Waals surface area (Å²) in [6.07, 6.45) is 1.13. The predicted molar refractivity (Wildman–Crippen MR) is 66.0 cm³/mol. The van der Waals surface area contributed by atoms with Crippen molar-refractivity contribution >= 4 is 17.6 Å². The minimum Gasteiger partial charge on any atom is -0.493 e. The number of amides is 1. The van der Waals surface area contributed by atoms with Crippen LogP contribution in [-0.4, -0.2) is 31.7 Å². The molecular weight excluding hydrogens is 269 g/mol. The normalized spacial score (nSPS) is 13.6. The van der Waals surface area contributed by atoms with Crippen LogP contribution in [0.25, 0.3) is 0 Å². The zero-order chi connectivity index (χ0) is 14.4. The van der Waals surface area contributed by atoms with Gasteiger partial charge in [-0.05, 0) is 12.1 Å². The summed E-state index contributed by atoms with van der Waals surface area (Å²) in [6.45, 7) is 0.0424. The lowest BCUT2D eigenvalue weighted by Crippen LogP contribution is -2.24. The summed E-state index contributed by atoms with van der Waals surface area (Å²) in [6, 6.07) is 5.68. The van der Waals surface area contributed by atoms with E-state index in [1.165, 1.54) is 18.2 Å². The number of hydrogen-bond acceptors (Lipinski definition) is 5. The third kappa shape index (κ3) is 3.71. The van der Waals surface area contributed by atoms with E-state index in [-0.39, 0.29) is 18.1 Å². The number of ether oxygens (including phenoxy) is 3. The van der Waals surface area contributed by atoms with E-state index in [2.05, 4.69) is 5.32 Å². The van der Waals surface area contributed by atoms with Gasteiger partial charge in [0.1, 0.15) is 25.3 Å². The Morgan fingerprint density at radius 2 is 2.10 bits per heavy atom. The summed E-state index contributed by atoms with van der Waals surface area (Å²) < 4.78 is 27.8. The van der Waals surface area contributed by atoms with Crippen LogP contribution in [0.2, 0.25) is 0 Å². The molecule has 0 saturated heterocycles. The van der Waals surface area contributed by atoms with E-state index < -0.39 is 24.3 Å². The molecular formula is C13H12FNO5. The highest BCUT2D eigenvalue weighted by atomic mass is 19.1. The number of anilines is 1. The minimum atomic E-state index is -0.812. The second-order valence-electron chi connectivity index (χ2n) is 3.81. The Labute approximate surface area is 114 Å². The minimum absolute atomic E-state index is 0.0185. The first-order valence-electron chi connectivity index (χ1n) is 5.83.